The van der Waals surface area contributed by atoms with E-state index < -0.39 is 0 Å². The van der Waals surface area contributed by atoms with Crippen molar-refractivity contribution in [2.75, 3.05) is 19.6 Å². The van der Waals surface area contributed by atoms with E-state index in [2.05, 4.69) is 17.6 Å². The normalized spacial score (nSPS) is 29.1. The number of ether oxygens (including phenoxy) is 1. The highest BCUT2D eigenvalue weighted by Crippen LogP contribution is 2.42. The predicted molar refractivity (Wildman–Crippen MR) is 107 cm³/mol. The van der Waals surface area contributed by atoms with Crippen molar-refractivity contribution in [2.45, 2.75) is 57.3 Å². The lowest BCUT2D eigenvalue weighted by atomic mass is 9.80. The number of piperidine rings is 1. The molecular formula is C22H30FN3O3. The van der Waals surface area contributed by atoms with E-state index in [9.17, 15) is 14.0 Å². The van der Waals surface area contributed by atoms with Gasteiger partial charge in [0.1, 0.15) is 11.9 Å². The van der Waals surface area contributed by atoms with Crippen molar-refractivity contribution in [3.8, 4) is 0 Å². The van der Waals surface area contributed by atoms with Crippen LogP contribution < -0.4 is 10.6 Å². The minimum absolute atomic E-state index is 0.0104. The van der Waals surface area contributed by atoms with E-state index in [4.69, 9.17) is 4.74 Å². The van der Waals surface area contributed by atoms with Gasteiger partial charge in [-0.1, -0.05) is 19.1 Å². The number of rotatable bonds is 5. The number of nitrogens with zero attached hydrogens (tertiary/aromatic N) is 1. The van der Waals surface area contributed by atoms with Gasteiger partial charge in [0.2, 0.25) is 5.91 Å². The maximum atomic E-state index is 13.3. The van der Waals surface area contributed by atoms with Crippen LogP contribution in [-0.4, -0.2) is 48.2 Å². The molecule has 2 aliphatic heterocycles. The van der Waals surface area contributed by atoms with Gasteiger partial charge in [-0.25, -0.2) is 9.18 Å². The number of carbonyl (C=O) groups is 2. The van der Waals surface area contributed by atoms with E-state index in [1.54, 1.807) is 17.0 Å². The Hall–Kier alpha value is -2.15. The summed E-state index contributed by atoms with van der Waals surface area (Å²) in [5.41, 5.74) is 0.417. The molecule has 2 N–H and O–H groups in total. The van der Waals surface area contributed by atoms with Crippen molar-refractivity contribution < 1.29 is 18.7 Å². The summed E-state index contributed by atoms with van der Waals surface area (Å²) in [6.45, 7) is 4.34. The monoisotopic (exact) mass is 403 g/mol. The predicted octanol–water partition coefficient (Wildman–Crippen LogP) is 2.82. The van der Waals surface area contributed by atoms with Crippen molar-refractivity contribution in [2.24, 2.45) is 11.8 Å². The Balaban J connectivity index is 1.26. The summed E-state index contributed by atoms with van der Waals surface area (Å²) in [4.78, 5) is 26.7. The van der Waals surface area contributed by atoms with E-state index in [0.29, 0.717) is 25.6 Å². The van der Waals surface area contributed by atoms with Gasteiger partial charge in [0, 0.05) is 32.1 Å². The summed E-state index contributed by atoms with van der Waals surface area (Å²) in [6, 6.07) is 6.09. The molecule has 0 radical (unpaired) electrons. The van der Waals surface area contributed by atoms with Crippen LogP contribution in [0.15, 0.2) is 24.3 Å². The number of amides is 3. The first-order valence-corrected chi connectivity index (χ1v) is 10.7. The zero-order valence-corrected chi connectivity index (χ0v) is 17.0. The van der Waals surface area contributed by atoms with Crippen molar-refractivity contribution in [1.29, 1.82) is 0 Å². The summed E-state index contributed by atoms with van der Waals surface area (Å²) >= 11 is 0. The number of halogens is 1. The molecule has 1 aliphatic carbocycles. The lowest BCUT2D eigenvalue weighted by Gasteiger charge is -2.44. The molecule has 7 heteroatoms. The maximum Gasteiger partial charge on any atom is 0.317 e. The van der Waals surface area contributed by atoms with Crippen molar-refractivity contribution >= 4 is 11.9 Å². The van der Waals surface area contributed by atoms with Crippen molar-refractivity contribution in [3.63, 3.8) is 0 Å². The number of benzene rings is 1. The largest absolute Gasteiger partial charge is 0.362 e. The topological polar surface area (TPSA) is 70.7 Å². The van der Waals surface area contributed by atoms with Gasteiger partial charge in [-0.2, -0.15) is 0 Å². The molecule has 158 valence electrons. The summed E-state index contributed by atoms with van der Waals surface area (Å²) in [5, 5.41) is 5.89. The molecule has 0 aromatic heterocycles. The average molecular weight is 403 g/mol. The number of hydrogen-bond acceptors (Lipinski definition) is 3. The van der Waals surface area contributed by atoms with Crippen LogP contribution in [0.25, 0.3) is 0 Å². The molecule has 29 heavy (non-hydrogen) atoms. The second-order valence-corrected chi connectivity index (χ2v) is 8.78. The number of hydrogen-bond donors (Lipinski definition) is 2. The summed E-state index contributed by atoms with van der Waals surface area (Å²) in [6.07, 6.45) is 4.38. The first-order chi connectivity index (χ1) is 13.9. The minimum Gasteiger partial charge on any atom is -0.362 e. The zero-order chi connectivity index (χ0) is 20.4. The Labute approximate surface area is 171 Å². The second-order valence-electron chi connectivity index (χ2n) is 8.78. The lowest BCUT2D eigenvalue weighted by Crippen LogP contribution is -2.55. The number of carbonyl (C=O) groups excluding carboxylic acids is 2. The molecule has 3 atom stereocenters. The van der Waals surface area contributed by atoms with Gasteiger partial charge in [-0.3, -0.25) is 4.79 Å². The molecule has 4 rings (SSSR count). The van der Waals surface area contributed by atoms with Gasteiger partial charge in [-0.05, 0) is 55.7 Å². The molecule has 2 heterocycles. The summed E-state index contributed by atoms with van der Waals surface area (Å²) in [5.74, 6) is 0.510. The molecule has 2 saturated heterocycles. The van der Waals surface area contributed by atoms with Gasteiger partial charge in [0.25, 0.3) is 0 Å². The average Bonchev–Trinajstić information content (AvgIpc) is 3.44. The van der Waals surface area contributed by atoms with Gasteiger partial charge < -0.3 is 20.3 Å². The van der Waals surface area contributed by atoms with Gasteiger partial charge in [-0.15, -0.1) is 0 Å². The van der Waals surface area contributed by atoms with Crippen LogP contribution in [0.3, 0.4) is 0 Å². The molecule has 3 fully saturated rings. The van der Waals surface area contributed by atoms with Crippen LogP contribution in [0.5, 0.6) is 0 Å². The van der Waals surface area contributed by atoms with Crippen molar-refractivity contribution in [3.05, 3.63) is 35.6 Å². The van der Waals surface area contributed by atoms with Crippen LogP contribution in [0, 0.1) is 17.7 Å². The maximum absolute atomic E-state index is 13.3. The Morgan fingerprint density at radius 3 is 2.79 bits per heavy atom. The molecule has 1 aromatic rings. The summed E-state index contributed by atoms with van der Waals surface area (Å²) in [7, 11) is 0. The fourth-order valence-electron chi connectivity index (χ4n) is 4.47. The molecule has 3 aliphatic rings. The van der Waals surface area contributed by atoms with Crippen molar-refractivity contribution in [1.82, 2.24) is 15.5 Å². The Morgan fingerprint density at radius 2 is 2.07 bits per heavy atom. The van der Waals surface area contributed by atoms with Crippen LogP contribution in [0.4, 0.5) is 9.18 Å². The standard InChI is InChI=1S/C22H30FN3O3/c1-15-14-26(21(28)25-13-17-3-2-4-18(23)11-17)10-9-22(15)8-7-19(29-22)20(27)24-12-16-5-6-16/h2-4,11,15-16,19H,5-10,12-14H2,1H3,(H,24,27)(H,25,28). The van der Waals surface area contributed by atoms with Gasteiger partial charge in [0.05, 0.1) is 5.60 Å². The molecular weight excluding hydrogens is 373 g/mol. The van der Waals surface area contributed by atoms with Crippen LogP contribution in [-0.2, 0) is 16.1 Å². The van der Waals surface area contributed by atoms with E-state index >= 15 is 0 Å². The first-order valence-electron chi connectivity index (χ1n) is 10.7. The molecule has 3 amide bonds. The lowest BCUT2D eigenvalue weighted by molar-refractivity contribution is -0.146. The van der Waals surface area contributed by atoms with Crippen LogP contribution in [0.1, 0.15) is 44.6 Å². The highest BCUT2D eigenvalue weighted by atomic mass is 19.1. The number of likely N-dealkylation sites (tertiary alicyclic amines) is 1. The molecule has 1 saturated carbocycles. The molecule has 0 bridgehead atoms. The summed E-state index contributed by atoms with van der Waals surface area (Å²) < 4.78 is 19.6. The SMILES string of the molecule is CC1CN(C(=O)NCc2cccc(F)c2)CCC12CCC(C(=O)NCC1CC1)O2. The number of urea groups is 1. The van der Waals surface area contributed by atoms with Gasteiger partial charge >= 0.3 is 6.03 Å². The smallest absolute Gasteiger partial charge is 0.317 e. The second kappa shape index (κ2) is 8.30. The highest BCUT2D eigenvalue weighted by molar-refractivity contribution is 5.81. The third-order valence-corrected chi connectivity index (χ3v) is 6.58. The van der Waals surface area contributed by atoms with E-state index in [-0.39, 0.29) is 35.4 Å². The molecule has 3 unspecified atom stereocenters. The van der Waals surface area contributed by atoms with E-state index in [1.165, 1.54) is 25.0 Å². The third kappa shape index (κ3) is 4.71. The van der Waals surface area contributed by atoms with E-state index in [1.807, 2.05) is 0 Å². The van der Waals surface area contributed by atoms with Crippen LogP contribution in [0.2, 0.25) is 0 Å². The third-order valence-electron chi connectivity index (χ3n) is 6.58. The van der Waals surface area contributed by atoms with Crippen LogP contribution >= 0.6 is 0 Å². The molecule has 1 aromatic carbocycles. The Morgan fingerprint density at radius 1 is 1.24 bits per heavy atom. The highest BCUT2D eigenvalue weighted by Gasteiger charge is 2.49. The number of nitrogens with one attached hydrogen (secondary N) is 2. The zero-order valence-electron chi connectivity index (χ0n) is 17.0. The quantitative estimate of drug-likeness (QED) is 0.794. The Bertz CT molecular complexity index is 769. The fourth-order valence-corrected chi connectivity index (χ4v) is 4.47. The molecule has 6 nitrogen and oxygen atoms in total. The minimum atomic E-state index is -0.371. The van der Waals surface area contributed by atoms with Gasteiger partial charge in [0.15, 0.2) is 0 Å². The molecule has 1 spiro atoms. The fraction of sp³-hybridized carbons (Fsp3) is 0.636. The first kappa shape index (κ1) is 20.1. The van der Waals surface area contributed by atoms with E-state index in [0.717, 1.165) is 31.4 Å². The Kier molecular flexibility index (Phi) is 5.76.